The van der Waals surface area contributed by atoms with Crippen LogP contribution in [-0.2, 0) is 22.4 Å². The van der Waals surface area contributed by atoms with Gasteiger partial charge in [-0.15, -0.1) is 0 Å². The van der Waals surface area contributed by atoms with Crippen molar-refractivity contribution in [3.8, 4) is 0 Å². The Morgan fingerprint density at radius 1 is 1.12 bits per heavy atom. The summed E-state index contributed by atoms with van der Waals surface area (Å²) in [5.41, 5.74) is 3.15. The Balaban J connectivity index is 1.54. The van der Waals surface area contributed by atoms with Crippen molar-refractivity contribution in [2.24, 2.45) is 0 Å². The average Bonchev–Trinajstić information content (AvgIpc) is 2.63. The van der Waals surface area contributed by atoms with Crippen LogP contribution in [0.2, 0.25) is 0 Å². The Labute approximate surface area is 145 Å². The average molecular weight is 338 g/mol. The maximum absolute atomic E-state index is 13.0. The predicted molar refractivity (Wildman–Crippen MR) is 91.3 cm³/mol. The first kappa shape index (κ1) is 15.8. The molecule has 0 unspecified atom stereocenters. The summed E-state index contributed by atoms with van der Waals surface area (Å²) < 4.78 is 13.0. The van der Waals surface area contributed by atoms with Crippen LogP contribution in [0.25, 0.3) is 0 Å². The van der Waals surface area contributed by atoms with Gasteiger partial charge in [-0.3, -0.25) is 9.59 Å². The van der Waals surface area contributed by atoms with Crippen molar-refractivity contribution in [1.29, 1.82) is 0 Å². The van der Waals surface area contributed by atoms with E-state index in [1.807, 2.05) is 23.1 Å². The number of benzene rings is 2. The molecule has 0 radical (unpaired) electrons. The molecule has 1 saturated heterocycles. The van der Waals surface area contributed by atoms with Gasteiger partial charge in [0.25, 0.3) is 0 Å². The molecule has 0 aliphatic carbocycles. The number of amides is 2. The van der Waals surface area contributed by atoms with Crippen LogP contribution in [0.3, 0.4) is 0 Å². The van der Waals surface area contributed by atoms with Crippen molar-refractivity contribution < 1.29 is 14.0 Å². The molecule has 2 aromatic rings. The fourth-order valence-electron chi connectivity index (χ4n) is 3.75. The summed E-state index contributed by atoms with van der Waals surface area (Å²) in [7, 11) is 0. The van der Waals surface area contributed by atoms with Gasteiger partial charge in [-0.1, -0.05) is 36.4 Å². The first-order chi connectivity index (χ1) is 12.1. The van der Waals surface area contributed by atoms with Gasteiger partial charge in [0.2, 0.25) is 11.8 Å². The molecule has 4 rings (SSSR count). The Hall–Kier alpha value is -2.69. The second-order valence-corrected chi connectivity index (χ2v) is 6.63. The maximum atomic E-state index is 13.0. The Morgan fingerprint density at radius 2 is 1.88 bits per heavy atom. The highest BCUT2D eigenvalue weighted by Gasteiger charge is 2.38. The molecular formula is C20H19FN2O2. The van der Waals surface area contributed by atoms with Crippen molar-refractivity contribution in [3.05, 3.63) is 71.0 Å². The fraction of sp³-hybridized carbons (Fsp3) is 0.300. The molecule has 2 aliphatic heterocycles. The molecule has 4 nitrogen and oxygen atoms in total. The van der Waals surface area contributed by atoms with Crippen molar-refractivity contribution in [3.63, 3.8) is 0 Å². The zero-order valence-electron chi connectivity index (χ0n) is 13.8. The van der Waals surface area contributed by atoms with E-state index in [0.717, 1.165) is 17.5 Å². The van der Waals surface area contributed by atoms with Crippen molar-refractivity contribution in [1.82, 2.24) is 9.80 Å². The van der Waals surface area contributed by atoms with Crippen LogP contribution >= 0.6 is 0 Å². The van der Waals surface area contributed by atoms with E-state index < -0.39 is 0 Å². The summed E-state index contributed by atoms with van der Waals surface area (Å²) in [5.74, 6) is -0.417. The van der Waals surface area contributed by atoms with E-state index in [0.29, 0.717) is 13.1 Å². The van der Waals surface area contributed by atoms with E-state index in [4.69, 9.17) is 0 Å². The fourth-order valence-corrected chi connectivity index (χ4v) is 3.75. The van der Waals surface area contributed by atoms with Gasteiger partial charge in [0.1, 0.15) is 5.82 Å². The SMILES string of the molecule is O=C(Cc1ccc(F)cc1)N1CC(=O)N2CCc3ccccc3[C@@H]2C1. The molecule has 0 aromatic heterocycles. The number of halogens is 1. The van der Waals surface area contributed by atoms with E-state index in [-0.39, 0.29) is 36.6 Å². The number of piperazine rings is 1. The van der Waals surface area contributed by atoms with E-state index in [1.54, 1.807) is 17.0 Å². The number of carbonyl (C=O) groups is 2. The third-order valence-electron chi connectivity index (χ3n) is 5.07. The predicted octanol–water partition coefficient (Wildman–Crippen LogP) is 2.34. The highest BCUT2D eigenvalue weighted by atomic mass is 19.1. The monoisotopic (exact) mass is 338 g/mol. The minimum absolute atomic E-state index is 0.00166. The third kappa shape index (κ3) is 3.02. The van der Waals surface area contributed by atoms with E-state index in [1.165, 1.54) is 17.7 Å². The molecule has 2 aliphatic rings. The molecule has 0 spiro atoms. The van der Waals surface area contributed by atoms with E-state index >= 15 is 0 Å². The van der Waals surface area contributed by atoms with Gasteiger partial charge in [0.15, 0.2) is 0 Å². The lowest BCUT2D eigenvalue weighted by Gasteiger charge is -2.44. The number of carbonyl (C=O) groups excluding carboxylic acids is 2. The minimum Gasteiger partial charge on any atom is -0.332 e. The topological polar surface area (TPSA) is 40.6 Å². The number of hydrogen-bond acceptors (Lipinski definition) is 2. The molecular weight excluding hydrogens is 319 g/mol. The number of nitrogens with zero attached hydrogens (tertiary/aromatic N) is 2. The molecule has 0 bridgehead atoms. The van der Waals surface area contributed by atoms with Crippen LogP contribution in [0.1, 0.15) is 22.7 Å². The van der Waals surface area contributed by atoms with Crippen molar-refractivity contribution in [2.45, 2.75) is 18.9 Å². The Bertz CT molecular complexity index is 819. The Morgan fingerprint density at radius 3 is 2.68 bits per heavy atom. The summed E-state index contributed by atoms with van der Waals surface area (Å²) in [4.78, 5) is 28.7. The van der Waals surface area contributed by atoms with Crippen LogP contribution < -0.4 is 0 Å². The lowest BCUT2D eigenvalue weighted by Crippen LogP contribution is -2.55. The quantitative estimate of drug-likeness (QED) is 0.843. The zero-order chi connectivity index (χ0) is 17.4. The van der Waals surface area contributed by atoms with Gasteiger partial charge in [-0.05, 0) is 35.2 Å². The molecule has 2 amide bonds. The van der Waals surface area contributed by atoms with Gasteiger partial charge in [0.05, 0.1) is 19.0 Å². The third-order valence-corrected chi connectivity index (χ3v) is 5.07. The number of rotatable bonds is 2. The van der Waals surface area contributed by atoms with Crippen molar-refractivity contribution in [2.75, 3.05) is 19.6 Å². The standard InChI is InChI=1S/C20H19FN2O2/c21-16-7-5-14(6-8-16)11-19(24)22-12-18-17-4-2-1-3-15(17)9-10-23(18)20(25)13-22/h1-8,18H,9-13H2/t18-/m0/s1. The summed E-state index contributed by atoms with van der Waals surface area (Å²) in [6, 6.07) is 14.0. The molecule has 128 valence electrons. The normalized spacial score (nSPS) is 19.4. The van der Waals surface area contributed by atoms with Crippen LogP contribution in [0.15, 0.2) is 48.5 Å². The summed E-state index contributed by atoms with van der Waals surface area (Å²) in [6.45, 7) is 1.35. The smallest absolute Gasteiger partial charge is 0.242 e. The van der Waals surface area contributed by atoms with Gasteiger partial charge >= 0.3 is 0 Å². The molecule has 2 aromatic carbocycles. The van der Waals surface area contributed by atoms with Gasteiger partial charge < -0.3 is 9.80 Å². The van der Waals surface area contributed by atoms with Crippen LogP contribution in [0.5, 0.6) is 0 Å². The maximum Gasteiger partial charge on any atom is 0.242 e. The molecule has 1 atom stereocenters. The summed E-state index contributed by atoms with van der Waals surface area (Å²) in [6.07, 6.45) is 1.05. The largest absolute Gasteiger partial charge is 0.332 e. The van der Waals surface area contributed by atoms with Gasteiger partial charge in [-0.25, -0.2) is 4.39 Å². The van der Waals surface area contributed by atoms with E-state index in [2.05, 4.69) is 6.07 Å². The lowest BCUT2D eigenvalue weighted by molar-refractivity contribution is -0.149. The molecule has 0 saturated carbocycles. The molecule has 1 fully saturated rings. The van der Waals surface area contributed by atoms with Gasteiger partial charge in [-0.2, -0.15) is 0 Å². The zero-order valence-corrected chi connectivity index (χ0v) is 13.8. The van der Waals surface area contributed by atoms with Crippen LogP contribution in [0, 0.1) is 5.82 Å². The summed E-state index contributed by atoms with van der Waals surface area (Å²) in [5, 5.41) is 0. The lowest BCUT2D eigenvalue weighted by atomic mass is 9.90. The molecule has 5 heteroatoms. The van der Waals surface area contributed by atoms with Crippen LogP contribution in [-0.4, -0.2) is 41.2 Å². The first-order valence-electron chi connectivity index (χ1n) is 8.51. The highest BCUT2D eigenvalue weighted by molar-refractivity contribution is 5.87. The second-order valence-electron chi connectivity index (χ2n) is 6.63. The van der Waals surface area contributed by atoms with Gasteiger partial charge in [0, 0.05) is 13.1 Å². The Kier molecular flexibility index (Phi) is 3.99. The van der Waals surface area contributed by atoms with Crippen LogP contribution in [0.4, 0.5) is 4.39 Å². The molecule has 2 heterocycles. The highest BCUT2D eigenvalue weighted by Crippen LogP contribution is 2.33. The van der Waals surface area contributed by atoms with E-state index in [9.17, 15) is 14.0 Å². The second kappa shape index (κ2) is 6.31. The molecule has 25 heavy (non-hydrogen) atoms. The molecule has 0 N–H and O–H groups in total. The number of fused-ring (bicyclic) bond motifs is 3. The number of hydrogen-bond donors (Lipinski definition) is 0. The minimum atomic E-state index is -0.321. The first-order valence-corrected chi connectivity index (χ1v) is 8.51. The summed E-state index contributed by atoms with van der Waals surface area (Å²) >= 11 is 0. The van der Waals surface area contributed by atoms with Crippen molar-refractivity contribution >= 4 is 11.8 Å².